The molecule has 8 nitrogen and oxygen atoms in total. The summed E-state index contributed by atoms with van der Waals surface area (Å²) in [6.45, 7) is 0. The smallest absolute Gasteiger partial charge is 0.435 e. The van der Waals surface area contributed by atoms with E-state index in [9.17, 15) is 27.2 Å². The van der Waals surface area contributed by atoms with Crippen LogP contribution >= 0.6 is 0 Å². The second-order valence-electron chi connectivity index (χ2n) is 6.24. The first-order chi connectivity index (χ1) is 15.1. The SMILES string of the molecule is COc1cc(F)ccc1Oc1nnc(C(F)(F)F)cc1C(=O)Nc1cccc(C(N)=O)c1. The van der Waals surface area contributed by atoms with Crippen molar-refractivity contribution < 1.29 is 36.6 Å². The van der Waals surface area contributed by atoms with Crippen molar-refractivity contribution in [2.45, 2.75) is 6.18 Å². The summed E-state index contributed by atoms with van der Waals surface area (Å²) >= 11 is 0. The maximum absolute atomic E-state index is 13.4. The van der Waals surface area contributed by atoms with Crippen LogP contribution in [-0.2, 0) is 6.18 Å². The summed E-state index contributed by atoms with van der Waals surface area (Å²) in [4.78, 5) is 24.1. The van der Waals surface area contributed by atoms with E-state index in [1.54, 1.807) is 0 Å². The number of primary amides is 1. The number of nitrogens with one attached hydrogen (secondary N) is 1. The van der Waals surface area contributed by atoms with Crippen LogP contribution in [0.5, 0.6) is 17.4 Å². The molecule has 0 aliphatic rings. The van der Waals surface area contributed by atoms with Crippen LogP contribution in [0.1, 0.15) is 26.4 Å². The van der Waals surface area contributed by atoms with E-state index in [0.717, 1.165) is 18.2 Å². The van der Waals surface area contributed by atoms with Gasteiger partial charge in [0.15, 0.2) is 17.2 Å². The zero-order valence-corrected chi connectivity index (χ0v) is 16.2. The fourth-order valence-electron chi connectivity index (χ4n) is 2.54. The average Bonchev–Trinajstić information content (AvgIpc) is 2.74. The van der Waals surface area contributed by atoms with Gasteiger partial charge in [0.25, 0.3) is 11.8 Å². The summed E-state index contributed by atoms with van der Waals surface area (Å²) in [6.07, 6.45) is -4.89. The third kappa shape index (κ3) is 5.09. The standard InChI is InChI=1S/C20H14F4N4O4/c1-31-15-8-11(21)5-6-14(15)32-19-13(9-16(27-28-19)20(22,23)24)18(30)26-12-4-2-3-10(7-12)17(25)29/h2-9H,1H3,(H2,25,29)(H,26,30). The van der Waals surface area contributed by atoms with Gasteiger partial charge in [-0.1, -0.05) is 6.07 Å². The number of benzene rings is 2. The number of methoxy groups -OCH3 is 1. The summed E-state index contributed by atoms with van der Waals surface area (Å²) in [5, 5.41) is 8.76. The largest absolute Gasteiger partial charge is 0.493 e. The van der Waals surface area contributed by atoms with Gasteiger partial charge in [-0.2, -0.15) is 13.2 Å². The Morgan fingerprint density at radius 3 is 2.44 bits per heavy atom. The molecule has 166 valence electrons. The molecule has 0 fully saturated rings. The number of alkyl halides is 3. The quantitative estimate of drug-likeness (QED) is 0.552. The van der Waals surface area contributed by atoms with Crippen molar-refractivity contribution in [2.75, 3.05) is 12.4 Å². The lowest BCUT2D eigenvalue weighted by Gasteiger charge is -2.14. The monoisotopic (exact) mass is 450 g/mol. The van der Waals surface area contributed by atoms with Crippen molar-refractivity contribution >= 4 is 17.5 Å². The van der Waals surface area contributed by atoms with Gasteiger partial charge >= 0.3 is 6.18 Å². The molecule has 32 heavy (non-hydrogen) atoms. The Bertz CT molecular complexity index is 1180. The van der Waals surface area contributed by atoms with Crippen molar-refractivity contribution in [1.82, 2.24) is 10.2 Å². The molecule has 3 aromatic rings. The number of nitrogens with two attached hydrogens (primary N) is 1. The molecule has 0 saturated heterocycles. The topological polar surface area (TPSA) is 116 Å². The molecule has 1 aromatic heterocycles. The van der Waals surface area contributed by atoms with E-state index in [0.29, 0.717) is 6.07 Å². The molecule has 0 aliphatic heterocycles. The number of carbonyl (C=O) groups excluding carboxylic acids is 2. The first-order valence-corrected chi connectivity index (χ1v) is 8.76. The molecule has 0 radical (unpaired) electrons. The Kier molecular flexibility index (Phi) is 6.23. The van der Waals surface area contributed by atoms with E-state index in [1.165, 1.54) is 31.4 Å². The van der Waals surface area contributed by atoms with Crippen LogP contribution in [0.4, 0.5) is 23.2 Å². The average molecular weight is 450 g/mol. The van der Waals surface area contributed by atoms with Gasteiger partial charge in [0.1, 0.15) is 11.4 Å². The minimum atomic E-state index is -4.89. The number of ether oxygens (including phenoxy) is 2. The van der Waals surface area contributed by atoms with Gasteiger partial charge in [-0.05, 0) is 36.4 Å². The third-order valence-electron chi connectivity index (χ3n) is 4.03. The number of halogens is 4. The molecule has 2 amide bonds. The minimum absolute atomic E-state index is 0.0687. The van der Waals surface area contributed by atoms with Crippen LogP contribution in [0.25, 0.3) is 0 Å². The number of carbonyl (C=O) groups is 2. The Balaban J connectivity index is 2.01. The van der Waals surface area contributed by atoms with Crippen molar-refractivity contribution in [2.24, 2.45) is 5.73 Å². The van der Waals surface area contributed by atoms with E-state index < -0.39 is 40.9 Å². The number of nitrogens with zero attached hydrogens (tertiary/aromatic N) is 2. The first kappa shape index (κ1) is 22.5. The summed E-state index contributed by atoms with van der Waals surface area (Å²) in [7, 11) is 1.22. The molecule has 0 saturated carbocycles. The lowest BCUT2D eigenvalue weighted by atomic mass is 10.1. The van der Waals surface area contributed by atoms with Crippen LogP contribution in [0.15, 0.2) is 48.5 Å². The highest BCUT2D eigenvalue weighted by Crippen LogP contribution is 2.35. The molecular weight excluding hydrogens is 436 g/mol. The Labute approximate surface area is 178 Å². The van der Waals surface area contributed by atoms with E-state index in [4.69, 9.17) is 15.2 Å². The Morgan fingerprint density at radius 1 is 1.03 bits per heavy atom. The van der Waals surface area contributed by atoms with Crippen LogP contribution in [0.2, 0.25) is 0 Å². The predicted octanol–water partition coefficient (Wildman–Crippen LogP) is 3.79. The molecule has 0 spiro atoms. The van der Waals surface area contributed by atoms with Crippen molar-refractivity contribution in [3.8, 4) is 17.4 Å². The van der Waals surface area contributed by atoms with Crippen molar-refractivity contribution in [3.63, 3.8) is 0 Å². The molecule has 0 bridgehead atoms. The fourth-order valence-corrected chi connectivity index (χ4v) is 2.54. The normalized spacial score (nSPS) is 11.0. The molecule has 0 atom stereocenters. The molecule has 3 N–H and O–H groups in total. The van der Waals surface area contributed by atoms with Gasteiger partial charge < -0.3 is 20.5 Å². The molecule has 0 unspecified atom stereocenters. The van der Waals surface area contributed by atoms with Gasteiger partial charge in [-0.3, -0.25) is 9.59 Å². The maximum Gasteiger partial charge on any atom is 0.435 e. The minimum Gasteiger partial charge on any atom is -0.493 e. The van der Waals surface area contributed by atoms with Crippen molar-refractivity contribution in [1.29, 1.82) is 0 Å². The second kappa shape index (κ2) is 8.88. The zero-order valence-electron chi connectivity index (χ0n) is 16.2. The summed E-state index contributed by atoms with van der Waals surface area (Å²) < 4.78 is 63.2. The third-order valence-corrected chi connectivity index (χ3v) is 4.03. The van der Waals surface area contributed by atoms with Crippen LogP contribution in [0.3, 0.4) is 0 Å². The van der Waals surface area contributed by atoms with Gasteiger partial charge in [-0.15, -0.1) is 10.2 Å². The maximum atomic E-state index is 13.4. The molecule has 0 aliphatic carbocycles. The van der Waals surface area contributed by atoms with Crippen LogP contribution < -0.4 is 20.5 Å². The van der Waals surface area contributed by atoms with E-state index in [-0.39, 0.29) is 22.7 Å². The number of hydrogen-bond donors (Lipinski definition) is 2. The number of rotatable bonds is 6. The second-order valence-corrected chi connectivity index (χ2v) is 6.24. The number of anilines is 1. The molecule has 2 aromatic carbocycles. The van der Waals surface area contributed by atoms with Gasteiger partial charge in [0.2, 0.25) is 5.91 Å². The summed E-state index contributed by atoms with van der Waals surface area (Å²) in [6, 6.07) is 9.03. The van der Waals surface area contributed by atoms with Crippen LogP contribution in [0, 0.1) is 5.82 Å². The fraction of sp³-hybridized carbons (Fsp3) is 0.100. The molecule has 12 heteroatoms. The van der Waals surface area contributed by atoms with Gasteiger partial charge in [-0.25, -0.2) is 4.39 Å². The number of amides is 2. The first-order valence-electron chi connectivity index (χ1n) is 8.76. The van der Waals surface area contributed by atoms with Gasteiger partial charge in [0, 0.05) is 17.3 Å². The molecule has 3 rings (SSSR count). The molecular formula is C20H14F4N4O4. The lowest BCUT2D eigenvalue weighted by Crippen LogP contribution is -2.18. The van der Waals surface area contributed by atoms with Crippen molar-refractivity contribution in [3.05, 3.63) is 71.2 Å². The van der Waals surface area contributed by atoms with E-state index in [2.05, 4.69) is 15.5 Å². The highest BCUT2D eigenvalue weighted by Gasteiger charge is 2.35. The predicted molar refractivity (Wildman–Crippen MR) is 103 cm³/mol. The van der Waals surface area contributed by atoms with E-state index >= 15 is 0 Å². The number of aromatic nitrogens is 2. The lowest BCUT2D eigenvalue weighted by molar-refractivity contribution is -0.141. The van der Waals surface area contributed by atoms with Gasteiger partial charge in [0.05, 0.1) is 7.11 Å². The highest BCUT2D eigenvalue weighted by molar-refractivity contribution is 6.06. The zero-order chi connectivity index (χ0) is 23.5. The summed E-state index contributed by atoms with van der Waals surface area (Å²) in [5.74, 6) is -3.26. The van der Waals surface area contributed by atoms with E-state index in [1.807, 2.05) is 0 Å². The Hall–Kier alpha value is -4.22. The molecule has 1 heterocycles. The number of hydrogen-bond acceptors (Lipinski definition) is 6. The van der Waals surface area contributed by atoms with Crippen LogP contribution in [-0.4, -0.2) is 29.1 Å². The highest BCUT2D eigenvalue weighted by atomic mass is 19.4. The summed E-state index contributed by atoms with van der Waals surface area (Å²) in [5.41, 5.74) is 3.28. The Morgan fingerprint density at radius 2 is 1.78 bits per heavy atom.